The van der Waals surface area contributed by atoms with Crippen molar-refractivity contribution in [2.24, 2.45) is 5.41 Å². The summed E-state index contributed by atoms with van der Waals surface area (Å²) in [5.41, 5.74) is 1.26. The quantitative estimate of drug-likeness (QED) is 0.742. The summed E-state index contributed by atoms with van der Waals surface area (Å²) in [6.45, 7) is 8.56. The first-order valence-electron chi connectivity index (χ1n) is 7.40. The lowest BCUT2D eigenvalue weighted by molar-refractivity contribution is 0.111. The number of hydrogen-bond acceptors (Lipinski definition) is 6. The number of nitrogens with one attached hydrogen (secondary N) is 1. The van der Waals surface area contributed by atoms with Gasteiger partial charge in [0.25, 0.3) is 0 Å². The number of hydrogen-bond donors (Lipinski definition) is 1. The predicted molar refractivity (Wildman–Crippen MR) is 92.0 cm³/mol. The first-order chi connectivity index (χ1) is 10.9. The Labute approximate surface area is 138 Å². The number of aromatic nitrogens is 4. The SMILES string of the molecule is C[C@@H](Nc1cc(C=O)nc(-c2cnn3ccsc23)n1)C(C)(C)C. The number of nitrogens with zero attached hydrogens (tertiary/aromatic N) is 4. The lowest BCUT2D eigenvalue weighted by atomic mass is 9.88. The summed E-state index contributed by atoms with van der Waals surface area (Å²) < 4.78 is 1.78. The summed E-state index contributed by atoms with van der Waals surface area (Å²) in [6.07, 6.45) is 4.36. The number of aldehydes is 1. The van der Waals surface area contributed by atoms with Gasteiger partial charge in [-0.2, -0.15) is 5.10 Å². The molecule has 3 rings (SSSR count). The molecule has 0 aliphatic heterocycles. The van der Waals surface area contributed by atoms with Crippen molar-refractivity contribution in [1.29, 1.82) is 0 Å². The van der Waals surface area contributed by atoms with Crippen LogP contribution >= 0.6 is 11.3 Å². The third-order valence-corrected chi connectivity index (χ3v) is 4.79. The molecule has 7 heteroatoms. The second kappa shape index (κ2) is 5.73. The second-order valence-corrected chi connectivity index (χ2v) is 7.46. The average Bonchev–Trinajstić information content (AvgIpc) is 3.08. The van der Waals surface area contributed by atoms with Crippen LogP contribution in [-0.4, -0.2) is 31.9 Å². The topological polar surface area (TPSA) is 72.2 Å². The van der Waals surface area contributed by atoms with E-state index < -0.39 is 0 Å². The van der Waals surface area contributed by atoms with E-state index in [0.717, 1.165) is 16.7 Å². The monoisotopic (exact) mass is 329 g/mol. The maximum atomic E-state index is 11.2. The molecule has 0 aromatic carbocycles. The predicted octanol–water partition coefficient (Wildman–Crippen LogP) is 3.51. The molecular formula is C16H19N5OS. The van der Waals surface area contributed by atoms with Crippen molar-refractivity contribution in [1.82, 2.24) is 19.6 Å². The number of carbonyl (C=O) groups is 1. The maximum absolute atomic E-state index is 11.2. The number of thiazole rings is 1. The van der Waals surface area contributed by atoms with Crippen LogP contribution in [0, 0.1) is 5.41 Å². The first kappa shape index (κ1) is 15.6. The van der Waals surface area contributed by atoms with Crippen molar-refractivity contribution in [3.63, 3.8) is 0 Å². The van der Waals surface area contributed by atoms with E-state index >= 15 is 0 Å². The summed E-state index contributed by atoms with van der Waals surface area (Å²) in [5, 5.41) is 9.60. The van der Waals surface area contributed by atoms with Gasteiger partial charge in [-0.1, -0.05) is 20.8 Å². The molecule has 6 nitrogen and oxygen atoms in total. The molecule has 0 fully saturated rings. The van der Waals surface area contributed by atoms with Crippen LogP contribution in [0.3, 0.4) is 0 Å². The molecule has 0 bridgehead atoms. The zero-order valence-electron chi connectivity index (χ0n) is 13.6. The summed E-state index contributed by atoms with van der Waals surface area (Å²) in [6, 6.07) is 1.87. The molecule has 0 aliphatic rings. The Balaban J connectivity index is 2.03. The summed E-state index contributed by atoms with van der Waals surface area (Å²) in [7, 11) is 0. The van der Waals surface area contributed by atoms with Crippen LogP contribution in [0.1, 0.15) is 38.2 Å². The van der Waals surface area contributed by atoms with E-state index in [1.165, 1.54) is 0 Å². The minimum atomic E-state index is 0.0746. The summed E-state index contributed by atoms with van der Waals surface area (Å²) in [5.74, 6) is 1.16. The van der Waals surface area contributed by atoms with Gasteiger partial charge in [0.15, 0.2) is 12.1 Å². The van der Waals surface area contributed by atoms with Crippen LogP contribution in [0.4, 0.5) is 5.82 Å². The van der Waals surface area contributed by atoms with E-state index in [0.29, 0.717) is 17.3 Å². The summed E-state index contributed by atoms with van der Waals surface area (Å²) in [4.78, 5) is 21.1. The molecule has 1 N–H and O–H groups in total. The fourth-order valence-electron chi connectivity index (χ4n) is 2.04. The molecule has 0 saturated heterocycles. The second-order valence-electron chi connectivity index (χ2n) is 6.56. The first-order valence-corrected chi connectivity index (χ1v) is 8.28. The lowest BCUT2D eigenvalue weighted by Crippen LogP contribution is -2.31. The van der Waals surface area contributed by atoms with Crippen molar-refractivity contribution < 1.29 is 4.79 Å². The Hall–Kier alpha value is -2.28. The van der Waals surface area contributed by atoms with Crippen molar-refractivity contribution >= 4 is 28.3 Å². The zero-order chi connectivity index (χ0) is 16.6. The summed E-state index contributed by atoms with van der Waals surface area (Å²) >= 11 is 1.56. The van der Waals surface area contributed by atoms with Gasteiger partial charge in [0, 0.05) is 23.7 Å². The van der Waals surface area contributed by atoms with Crippen molar-refractivity contribution in [3.8, 4) is 11.4 Å². The van der Waals surface area contributed by atoms with Gasteiger partial charge in [-0.25, -0.2) is 14.5 Å². The molecule has 1 atom stereocenters. The Kier molecular flexibility index (Phi) is 3.89. The van der Waals surface area contributed by atoms with E-state index in [9.17, 15) is 4.79 Å². The fraction of sp³-hybridized carbons (Fsp3) is 0.375. The highest BCUT2D eigenvalue weighted by Crippen LogP contribution is 2.27. The highest BCUT2D eigenvalue weighted by molar-refractivity contribution is 7.16. The van der Waals surface area contributed by atoms with Crippen LogP contribution in [0.5, 0.6) is 0 Å². The Morgan fingerprint density at radius 2 is 2.13 bits per heavy atom. The van der Waals surface area contributed by atoms with Gasteiger partial charge in [0.2, 0.25) is 0 Å². The van der Waals surface area contributed by atoms with Gasteiger partial charge >= 0.3 is 0 Å². The minimum Gasteiger partial charge on any atom is -0.367 e. The van der Waals surface area contributed by atoms with Gasteiger partial charge in [0.1, 0.15) is 16.3 Å². The van der Waals surface area contributed by atoms with Crippen LogP contribution in [0.25, 0.3) is 16.2 Å². The van der Waals surface area contributed by atoms with Crippen LogP contribution in [-0.2, 0) is 0 Å². The highest BCUT2D eigenvalue weighted by atomic mass is 32.1. The third-order valence-electron chi connectivity index (χ3n) is 3.90. The normalized spacial score (nSPS) is 13.2. The molecule has 3 aromatic rings. The van der Waals surface area contributed by atoms with Gasteiger partial charge in [-0.05, 0) is 12.3 Å². The van der Waals surface area contributed by atoms with E-state index in [4.69, 9.17) is 0 Å². The van der Waals surface area contributed by atoms with Crippen molar-refractivity contribution in [2.75, 3.05) is 5.32 Å². The van der Waals surface area contributed by atoms with Crippen LogP contribution in [0.2, 0.25) is 0 Å². The van der Waals surface area contributed by atoms with E-state index in [1.54, 1.807) is 28.1 Å². The van der Waals surface area contributed by atoms with Gasteiger partial charge in [-0.3, -0.25) is 4.79 Å². The molecule has 0 unspecified atom stereocenters. The van der Waals surface area contributed by atoms with Crippen LogP contribution < -0.4 is 5.32 Å². The molecule has 3 aromatic heterocycles. The largest absolute Gasteiger partial charge is 0.367 e. The van der Waals surface area contributed by atoms with E-state index in [1.807, 2.05) is 11.6 Å². The fourth-order valence-corrected chi connectivity index (χ4v) is 2.83. The number of rotatable bonds is 4. The number of fused-ring (bicyclic) bond motifs is 1. The smallest absolute Gasteiger partial charge is 0.168 e. The zero-order valence-corrected chi connectivity index (χ0v) is 14.4. The highest BCUT2D eigenvalue weighted by Gasteiger charge is 2.21. The molecule has 0 spiro atoms. The lowest BCUT2D eigenvalue weighted by Gasteiger charge is -2.28. The van der Waals surface area contributed by atoms with Gasteiger partial charge in [0.05, 0.1) is 11.8 Å². The Morgan fingerprint density at radius 3 is 2.83 bits per heavy atom. The molecule has 3 heterocycles. The average molecular weight is 329 g/mol. The van der Waals surface area contributed by atoms with Crippen molar-refractivity contribution in [2.45, 2.75) is 33.7 Å². The van der Waals surface area contributed by atoms with Crippen molar-refractivity contribution in [3.05, 3.63) is 29.5 Å². The number of anilines is 1. The van der Waals surface area contributed by atoms with E-state index in [-0.39, 0.29) is 11.5 Å². The number of carbonyl (C=O) groups excluding carboxylic acids is 1. The third kappa shape index (κ3) is 3.10. The Bertz CT molecular complexity index is 846. The maximum Gasteiger partial charge on any atom is 0.168 e. The minimum absolute atomic E-state index is 0.0746. The molecule has 0 amide bonds. The standard InChI is InChI=1S/C16H19N5OS/c1-10(16(2,3)4)18-13-7-11(9-22)19-14(20-13)12-8-17-21-5-6-23-15(12)21/h5-10H,1-4H3,(H,18,19,20)/t10-/m1/s1. The Morgan fingerprint density at radius 1 is 1.35 bits per heavy atom. The molecular weight excluding hydrogens is 310 g/mol. The van der Waals surface area contributed by atoms with Gasteiger partial charge in [-0.15, -0.1) is 11.3 Å². The molecule has 0 radical (unpaired) electrons. The molecule has 0 saturated carbocycles. The van der Waals surface area contributed by atoms with Crippen LogP contribution in [0.15, 0.2) is 23.8 Å². The van der Waals surface area contributed by atoms with Gasteiger partial charge < -0.3 is 5.32 Å². The molecule has 23 heavy (non-hydrogen) atoms. The molecule has 120 valence electrons. The molecule has 0 aliphatic carbocycles. The van der Waals surface area contributed by atoms with E-state index in [2.05, 4.69) is 48.1 Å².